The molecule has 1 aromatic rings. The van der Waals surface area contributed by atoms with Gasteiger partial charge in [-0.25, -0.2) is 0 Å². The van der Waals surface area contributed by atoms with Crippen molar-refractivity contribution in [3.05, 3.63) is 109 Å². The Hall–Kier alpha value is 0.326. The van der Waals surface area contributed by atoms with Crippen molar-refractivity contribution in [2.24, 2.45) is 0 Å². The summed E-state index contributed by atoms with van der Waals surface area (Å²) in [5.41, 5.74) is 12.0. The molecule has 4 aliphatic carbocycles. The van der Waals surface area contributed by atoms with Crippen LogP contribution in [-0.2, 0) is 38.1 Å². The van der Waals surface area contributed by atoms with E-state index in [1.54, 1.807) is 35.9 Å². The third-order valence-corrected chi connectivity index (χ3v) is 20.3. The molecule has 0 saturated carbocycles. The number of hydrogen-bond acceptors (Lipinski definition) is 0. The van der Waals surface area contributed by atoms with Gasteiger partial charge in [-0.2, -0.15) is 0 Å². The minimum atomic E-state index is -4.39. The Morgan fingerprint density at radius 2 is 1.29 bits per heavy atom. The summed E-state index contributed by atoms with van der Waals surface area (Å²) < 4.78 is 10.1. The van der Waals surface area contributed by atoms with Crippen molar-refractivity contribution in [3.63, 3.8) is 0 Å². The third kappa shape index (κ3) is 9.43. The van der Waals surface area contributed by atoms with E-state index in [1.807, 2.05) is 24.6 Å². The van der Waals surface area contributed by atoms with Crippen molar-refractivity contribution in [1.82, 2.24) is 0 Å². The van der Waals surface area contributed by atoms with Crippen molar-refractivity contribution in [3.8, 4) is 0 Å². The first kappa shape index (κ1) is 36.4. The SMILES string of the molecule is CC1=CCC(C2=C(C)C(C)=CC2)=C1C.[CH3][Zr]([CH3])([CH3])([CH3])([Cl])([Cl])[C]1=CC=CC1.[Cl-].[Cl-].[Zr+2][CH]1C=Cc2ccccc21. The van der Waals surface area contributed by atoms with Crippen LogP contribution in [0.5, 0.6) is 0 Å². The van der Waals surface area contributed by atoms with Gasteiger partial charge in [0.15, 0.2) is 0 Å². The van der Waals surface area contributed by atoms with E-state index in [-0.39, 0.29) is 24.8 Å². The maximum atomic E-state index is 6.75. The second kappa shape index (κ2) is 11.5. The zero-order chi connectivity index (χ0) is 27.1. The first-order valence-corrected chi connectivity index (χ1v) is 31.9. The van der Waals surface area contributed by atoms with Crippen LogP contribution in [0.15, 0.2) is 97.4 Å². The molecular weight excluding hydrogens is 709 g/mol. The Bertz CT molecular complexity index is 1260. The Labute approximate surface area is 260 Å². The van der Waals surface area contributed by atoms with Crippen LogP contribution in [0.3, 0.4) is 0 Å². The number of allylic oxidation sites excluding steroid dienone is 13. The summed E-state index contributed by atoms with van der Waals surface area (Å²) in [5, 5.41) is 0. The molecule has 0 fully saturated rings. The van der Waals surface area contributed by atoms with E-state index in [2.05, 4.69) is 88.4 Å². The van der Waals surface area contributed by atoms with Gasteiger partial charge in [0, 0.05) is 0 Å². The molecule has 5 rings (SSSR count). The Morgan fingerprint density at radius 3 is 1.63 bits per heavy atom. The standard InChI is InChI=1S/C14H18.C9H7.C5H5.4CH3.4ClH.2Zr/c1-9-5-7-13(11(9)3)14-8-6-10(2)12(14)4;1-2-5-9-7-3-6-8(9)4-1;1-2-4-5-3-1;;;;;;;;;;/h5-6H,7-8H2,1-4H3;1-7H;1-3H,4H2;4*1H3;4*1H;;/q;;;;;;;;;;;2*+2/p-4. The van der Waals surface area contributed by atoms with E-state index < -0.39 is 13.4 Å². The molecule has 38 heavy (non-hydrogen) atoms. The topological polar surface area (TPSA) is 0 Å². The van der Waals surface area contributed by atoms with Crippen molar-refractivity contribution in [2.75, 3.05) is 0 Å². The van der Waals surface area contributed by atoms with Gasteiger partial charge in [0.05, 0.1) is 0 Å². The number of fused-ring (bicyclic) bond motifs is 1. The fourth-order valence-electron chi connectivity index (χ4n) is 4.88. The number of hydrogen-bond donors (Lipinski definition) is 0. The molecule has 0 aromatic heterocycles. The van der Waals surface area contributed by atoms with Crippen LogP contribution >= 0.6 is 17.0 Å². The van der Waals surface area contributed by atoms with Gasteiger partial charge in [0.2, 0.25) is 0 Å². The first-order chi connectivity index (χ1) is 16.3. The average Bonchev–Trinajstić information content (AvgIpc) is 3.55. The molecule has 1 aromatic carbocycles. The van der Waals surface area contributed by atoms with E-state index >= 15 is 0 Å². The predicted octanol–water partition coefficient (Wildman–Crippen LogP) is 5.72. The van der Waals surface area contributed by atoms with Crippen LogP contribution in [0.25, 0.3) is 6.08 Å². The number of rotatable bonds is 2. The van der Waals surface area contributed by atoms with Crippen molar-refractivity contribution >= 4 is 23.1 Å². The summed E-state index contributed by atoms with van der Waals surface area (Å²) in [5.74, 6) is 0. The second-order valence-electron chi connectivity index (χ2n) is 14.0. The van der Waals surface area contributed by atoms with Crippen LogP contribution in [0.4, 0.5) is 0 Å². The van der Waals surface area contributed by atoms with E-state index in [9.17, 15) is 0 Å². The quantitative estimate of drug-likeness (QED) is 0.363. The van der Waals surface area contributed by atoms with Gasteiger partial charge in [-0.15, -0.1) is 0 Å². The van der Waals surface area contributed by atoms with Crippen LogP contribution in [0.2, 0.25) is 18.5 Å². The van der Waals surface area contributed by atoms with Gasteiger partial charge < -0.3 is 24.8 Å². The summed E-state index contributed by atoms with van der Waals surface area (Å²) in [7, 11) is 13.5. The van der Waals surface area contributed by atoms with Gasteiger partial charge in [-0.05, 0) is 62.8 Å². The van der Waals surface area contributed by atoms with Crippen LogP contribution in [-0.4, -0.2) is 0 Å². The first-order valence-electron chi connectivity index (χ1n) is 13.1. The van der Waals surface area contributed by atoms with E-state index in [0.29, 0.717) is 3.63 Å². The van der Waals surface area contributed by atoms with E-state index in [1.165, 1.54) is 36.7 Å². The number of benzene rings is 1. The molecular formula is C32H42Cl4Zr2. The maximum absolute atomic E-state index is 6.75. The Balaban J connectivity index is 0.000000281. The monoisotopic (exact) mass is 746 g/mol. The summed E-state index contributed by atoms with van der Waals surface area (Å²) in [6, 6.07) is 8.60. The molecule has 4 aliphatic rings. The fraction of sp³-hybridized carbons (Fsp3) is 0.375. The molecule has 1 atom stereocenters. The van der Waals surface area contributed by atoms with Crippen LogP contribution in [0.1, 0.15) is 61.7 Å². The second-order valence-corrected chi connectivity index (χ2v) is 68.9. The van der Waals surface area contributed by atoms with Crippen LogP contribution in [0, 0.1) is 0 Å². The summed E-state index contributed by atoms with van der Waals surface area (Å²) in [4.78, 5) is 0. The average molecular weight is 751 g/mol. The molecule has 6 heteroatoms. The summed E-state index contributed by atoms with van der Waals surface area (Å²) in [6.45, 7) is 8.94. The minimum absolute atomic E-state index is 0. The Morgan fingerprint density at radius 1 is 0.789 bits per heavy atom. The van der Waals surface area contributed by atoms with E-state index in [0.717, 1.165) is 19.3 Å². The molecule has 0 spiro atoms. The van der Waals surface area contributed by atoms with Crippen molar-refractivity contribution in [2.45, 2.75) is 69.1 Å². The molecule has 0 N–H and O–H groups in total. The zero-order valence-electron chi connectivity index (χ0n) is 24.1. The Kier molecular flexibility index (Phi) is 11.0. The summed E-state index contributed by atoms with van der Waals surface area (Å²) in [6.07, 6.45) is 18.6. The van der Waals surface area contributed by atoms with Crippen molar-refractivity contribution in [1.29, 1.82) is 0 Å². The molecule has 0 radical (unpaired) electrons. The summed E-state index contributed by atoms with van der Waals surface area (Å²) >= 11 is -2.80. The zero-order valence-corrected chi connectivity index (χ0v) is 32.0. The molecule has 1 unspecified atom stereocenters. The molecule has 206 valence electrons. The van der Waals surface area contributed by atoms with E-state index in [4.69, 9.17) is 17.0 Å². The third-order valence-electron chi connectivity index (χ3n) is 7.78. The normalized spacial score (nSPS) is 22.2. The van der Waals surface area contributed by atoms with Crippen molar-refractivity contribution < 1.29 is 63.0 Å². The predicted molar refractivity (Wildman–Crippen MR) is 157 cm³/mol. The fourth-order valence-corrected chi connectivity index (χ4v) is 12.3. The van der Waals surface area contributed by atoms with Gasteiger partial charge >= 0.3 is 153 Å². The molecule has 0 nitrogen and oxygen atoms in total. The van der Waals surface area contributed by atoms with Crippen LogP contribution < -0.4 is 24.8 Å². The molecule has 0 saturated heterocycles. The van der Waals surface area contributed by atoms with Gasteiger partial charge in [-0.3, -0.25) is 0 Å². The van der Waals surface area contributed by atoms with Gasteiger partial charge in [0.1, 0.15) is 0 Å². The molecule has 0 amide bonds. The van der Waals surface area contributed by atoms with Gasteiger partial charge in [-0.1, -0.05) is 23.3 Å². The van der Waals surface area contributed by atoms with Gasteiger partial charge in [0.25, 0.3) is 0 Å². The molecule has 0 aliphatic heterocycles. The molecule has 0 heterocycles. The number of halogens is 4. The molecule has 0 bridgehead atoms.